The molecule has 0 N–H and O–H groups in total. The smallest absolute Gasteiger partial charge is 0.119 e. The van der Waals surface area contributed by atoms with Gasteiger partial charge in [0, 0.05) is 12.4 Å². The lowest BCUT2D eigenvalue weighted by Gasteiger charge is -2.06. The average Bonchev–Trinajstić information content (AvgIpc) is 2.64. The Morgan fingerprint density at radius 1 is 0.750 bits per heavy atom. The van der Waals surface area contributed by atoms with Gasteiger partial charge in [-0.05, 0) is 42.8 Å². The summed E-state index contributed by atoms with van der Waals surface area (Å²) < 4.78 is 5.77. The number of aromatic nitrogens is 1. The normalized spacial score (nSPS) is 11.0. The van der Waals surface area contributed by atoms with E-state index in [9.17, 15) is 0 Å². The lowest BCUT2D eigenvalue weighted by Crippen LogP contribution is -1.96. The number of unbranched alkanes of at least 4 members (excludes halogenated alkanes) is 6. The minimum absolute atomic E-state index is 0.783. The van der Waals surface area contributed by atoms with Crippen molar-refractivity contribution in [1.82, 2.24) is 4.98 Å². The van der Waals surface area contributed by atoms with Gasteiger partial charge in [-0.1, -0.05) is 45.4 Å². The topological polar surface area (TPSA) is 46.8 Å². The predicted molar refractivity (Wildman–Crippen MR) is 98.3 cm³/mol. The lowest BCUT2D eigenvalue weighted by molar-refractivity contribution is 0.304. The number of nitrogens with zero attached hydrogens (tertiary/aromatic N) is 3. The molecular formula is C20H27N3O. The SMILES string of the molecule is CCCCCCCCCOc1ccc(N=Nc2ccncc2)cc1. The van der Waals surface area contributed by atoms with E-state index >= 15 is 0 Å². The number of rotatable bonds is 11. The fourth-order valence-corrected chi connectivity index (χ4v) is 2.38. The highest BCUT2D eigenvalue weighted by molar-refractivity contribution is 5.42. The van der Waals surface area contributed by atoms with Crippen molar-refractivity contribution >= 4 is 11.4 Å². The highest BCUT2D eigenvalue weighted by atomic mass is 16.5. The largest absolute Gasteiger partial charge is 0.494 e. The van der Waals surface area contributed by atoms with Gasteiger partial charge < -0.3 is 4.74 Å². The lowest BCUT2D eigenvalue weighted by atomic mass is 10.1. The summed E-state index contributed by atoms with van der Waals surface area (Å²) in [5.74, 6) is 0.892. The molecule has 2 aromatic rings. The van der Waals surface area contributed by atoms with Crippen LogP contribution in [0, 0.1) is 0 Å². The van der Waals surface area contributed by atoms with Crippen LogP contribution in [0.5, 0.6) is 5.75 Å². The zero-order valence-electron chi connectivity index (χ0n) is 14.5. The van der Waals surface area contributed by atoms with Crippen LogP contribution in [0.4, 0.5) is 11.4 Å². The fourth-order valence-electron chi connectivity index (χ4n) is 2.38. The Labute approximate surface area is 145 Å². The van der Waals surface area contributed by atoms with Crippen LogP contribution in [0.1, 0.15) is 51.9 Å². The molecule has 1 aromatic heterocycles. The minimum atomic E-state index is 0.783. The van der Waals surface area contributed by atoms with Crippen LogP contribution in [0.25, 0.3) is 0 Å². The number of benzene rings is 1. The van der Waals surface area contributed by atoms with E-state index in [1.54, 1.807) is 12.4 Å². The van der Waals surface area contributed by atoms with Crippen molar-refractivity contribution in [2.75, 3.05) is 6.61 Å². The highest BCUT2D eigenvalue weighted by Crippen LogP contribution is 2.21. The number of ether oxygens (including phenoxy) is 1. The Morgan fingerprint density at radius 3 is 2.00 bits per heavy atom. The summed E-state index contributed by atoms with van der Waals surface area (Å²) in [7, 11) is 0. The Kier molecular flexibility index (Phi) is 8.55. The van der Waals surface area contributed by atoms with E-state index in [4.69, 9.17) is 4.74 Å². The van der Waals surface area contributed by atoms with Crippen LogP contribution in [0.15, 0.2) is 59.0 Å². The highest BCUT2D eigenvalue weighted by Gasteiger charge is 1.96. The van der Waals surface area contributed by atoms with Crippen LogP contribution in [0.2, 0.25) is 0 Å². The molecule has 0 amide bonds. The first-order valence-corrected chi connectivity index (χ1v) is 8.93. The Balaban J connectivity index is 1.64. The average molecular weight is 325 g/mol. The van der Waals surface area contributed by atoms with Gasteiger partial charge in [-0.25, -0.2) is 0 Å². The maximum atomic E-state index is 5.77. The molecule has 0 aliphatic rings. The second kappa shape index (κ2) is 11.3. The molecule has 0 radical (unpaired) electrons. The monoisotopic (exact) mass is 325 g/mol. The predicted octanol–water partition coefficient (Wildman–Crippen LogP) is 6.63. The maximum absolute atomic E-state index is 5.77. The van der Waals surface area contributed by atoms with Crippen LogP contribution in [-0.4, -0.2) is 11.6 Å². The van der Waals surface area contributed by atoms with Gasteiger partial charge in [0.2, 0.25) is 0 Å². The summed E-state index contributed by atoms with van der Waals surface area (Å²) in [4.78, 5) is 3.95. The number of hydrogen-bond donors (Lipinski definition) is 0. The van der Waals surface area contributed by atoms with Gasteiger partial charge >= 0.3 is 0 Å². The molecule has 128 valence electrons. The van der Waals surface area contributed by atoms with E-state index in [2.05, 4.69) is 22.1 Å². The fraction of sp³-hybridized carbons (Fsp3) is 0.450. The van der Waals surface area contributed by atoms with Gasteiger partial charge in [-0.3, -0.25) is 4.98 Å². The van der Waals surface area contributed by atoms with E-state index < -0.39 is 0 Å². The van der Waals surface area contributed by atoms with Gasteiger partial charge in [0.15, 0.2) is 0 Å². The van der Waals surface area contributed by atoms with Crippen molar-refractivity contribution in [3.63, 3.8) is 0 Å². The first kappa shape index (κ1) is 18.1. The molecule has 0 saturated heterocycles. The molecule has 0 atom stereocenters. The summed E-state index contributed by atoms with van der Waals surface area (Å²) >= 11 is 0. The first-order chi connectivity index (χ1) is 11.9. The molecule has 0 unspecified atom stereocenters. The van der Waals surface area contributed by atoms with Crippen LogP contribution < -0.4 is 4.74 Å². The van der Waals surface area contributed by atoms with Crippen molar-refractivity contribution < 1.29 is 4.74 Å². The third-order valence-corrected chi connectivity index (χ3v) is 3.80. The van der Waals surface area contributed by atoms with E-state index in [-0.39, 0.29) is 0 Å². The molecule has 1 heterocycles. The van der Waals surface area contributed by atoms with E-state index in [0.29, 0.717) is 0 Å². The summed E-state index contributed by atoms with van der Waals surface area (Å²) in [6, 6.07) is 11.4. The Hall–Kier alpha value is -2.23. The molecule has 2 rings (SSSR count). The molecule has 1 aromatic carbocycles. The van der Waals surface area contributed by atoms with Crippen LogP contribution >= 0.6 is 0 Å². The number of hydrogen-bond acceptors (Lipinski definition) is 4. The zero-order valence-corrected chi connectivity index (χ0v) is 14.5. The van der Waals surface area contributed by atoms with Crippen molar-refractivity contribution in [1.29, 1.82) is 0 Å². The molecule has 0 saturated carbocycles. The molecular weight excluding hydrogens is 298 g/mol. The molecule has 0 aliphatic heterocycles. The van der Waals surface area contributed by atoms with Gasteiger partial charge in [-0.15, -0.1) is 0 Å². The van der Waals surface area contributed by atoms with E-state index in [1.807, 2.05) is 36.4 Å². The van der Waals surface area contributed by atoms with E-state index in [1.165, 1.54) is 38.5 Å². The van der Waals surface area contributed by atoms with Gasteiger partial charge in [-0.2, -0.15) is 10.2 Å². The first-order valence-electron chi connectivity index (χ1n) is 8.93. The van der Waals surface area contributed by atoms with Crippen molar-refractivity contribution in [2.45, 2.75) is 51.9 Å². The molecule has 24 heavy (non-hydrogen) atoms. The van der Waals surface area contributed by atoms with Crippen molar-refractivity contribution in [3.05, 3.63) is 48.8 Å². The quantitative estimate of drug-likeness (QED) is 0.344. The Morgan fingerprint density at radius 2 is 1.33 bits per heavy atom. The summed E-state index contributed by atoms with van der Waals surface area (Å²) in [6.07, 6.45) is 12.5. The van der Waals surface area contributed by atoms with Crippen LogP contribution in [0.3, 0.4) is 0 Å². The third kappa shape index (κ3) is 7.36. The van der Waals surface area contributed by atoms with Crippen molar-refractivity contribution in [3.8, 4) is 5.75 Å². The molecule has 0 bridgehead atoms. The zero-order chi connectivity index (χ0) is 16.9. The third-order valence-electron chi connectivity index (χ3n) is 3.80. The molecule has 4 heteroatoms. The molecule has 0 fully saturated rings. The van der Waals surface area contributed by atoms with E-state index in [0.717, 1.165) is 30.2 Å². The standard InChI is InChI=1S/C20H27N3O/c1-2-3-4-5-6-7-8-17-24-20-11-9-18(10-12-20)22-23-19-13-15-21-16-14-19/h9-16H,2-8,17H2,1H3. The molecule has 0 spiro atoms. The molecule has 4 nitrogen and oxygen atoms in total. The molecule has 0 aliphatic carbocycles. The maximum Gasteiger partial charge on any atom is 0.119 e. The summed E-state index contributed by atoms with van der Waals surface area (Å²) in [6.45, 7) is 3.03. The van der Waals surface area contributed by atoms with Gasteiger partial charge in [0.1, 0.15) is 5.75 Å². The van der Waals surface area contributed by atoms with Gasteiger partial charge in [0.05, 0.1) is 18.0 Å². The second-order valence-electron chi connectivity index (χ2n) is 5.87. The van der Waals surface area contributed by atoms with Gasteiger partial charge in [0.25, 0.3) is 0 Å². The van der Waals surface area contributed by atoms with Crippen LogP contribution in [-0.2, 0) is 0 Å². The Bertz CT molecular complexity index is 582. The summed E-state index contributed by atoms with van der Waals surface area (Å²) in [5.41, 5.74) is 1.61. The number of azo groups is 1. The summed E-state index contributed by atoms with van der Waals surface area (Å²) in [5, 5.41) is 8.37. The van der Waals surface area contributed by atoms with Crippen molar-refractivity contribution in [2.24, 2.45) is 10.2 Å². The number of pyridine rings is 1. The second-order valence-corrected chi connectivity index (χ2v) is 5.87. The minimum Gasteiger partial charge on any atom is -0.494 e.